The summed E-state index contributed by atoms with van der Waals surface area (Å²) in [7, 11) is -7.37. The van der Waals surface area contributed by atoms with Gasteiger partial charge in [0.25, 0.3) is 0 Å². The molecule has 2 aliphatic rings. The van der Waals surface area contributed by atoms with Gasteiger partial charge in [0.2, 0.25) is 20.0 Å². The van der Waals surface area contributed by atoms with E-state index in [4.69, 9.17) is 4.74 Å². The Morgan fingerprint density at radius 2 is 1.48 bits per heavy atom. The lowest BCUT2D eigenvalue weighted by Crippen LogP contribution is -2.35. The predicted octanol–water partition coefficient (Wildman–Crippen LogP) is 1.44. The van der Waals surface area contributed by atoms with Crippen molar-refractivity contribution in [1.29, 1.82) is 0 Å². The van der Waals surface area contributed by atoms with Crippen molar-refractivity contribution in [3.05, 3.63) is 59.7 Å². The molecule has 10 heteroatoms. The molecule has 168 valence electrons. The van der Waals surface area contributed by atoms with Gasteiger partial charge in [-0.15, -0.1) is 0 Å². The van der Waals surface area contributed by atoms with Crippen LogP contribution in [-0.4, -0.2) is 54.1 Å². The highest BCUT2D eigenvalue weighted by molar-refractivity contribution is 7.90. The lowest BCUT2D eigenvalue weighted by molar-refractivity contribution is 0.0342. The second-order valence-electron chi connectivity index (χ2n) is 7.90. The van der Waals surface area contributed by atoms with Crippen LogP contribution in [0.4, 0.5) is 0 Å². The predicted molar refractivity (Wildman–Crippen MR) is 116 cm³/mol. The van der Waals surface area contributed by atoms with Gasteiger partial charge in [-0.3, -0.25) is 4.90 Å². The van der Waals surface area contributed by atoms with E-state index in [1.807, 2.05) is 24.3 Å². The molecule has 0 radical (unpaired) electrons. The quantitative estimate of drug-likeness (QED) is 0.581. The minimum Gasteiger partial charge on any atom is -0.379 e. The van der Waals surface area contributed by atoms with Gasteiger partial charge in [0.1, 0.15) is 0 Å². The Labute approximate surface area is 183 Å². The topological polar surface area (TPSA) is 105 Å². The van der Waals surface area contributed by atoms with Crippen molar-refractivity contribution in [3.63, 3.8) is 0 Å². The first-order chi connectivity index (χ1) is 14.8. The zero-order valence-electron chi connectivity index (χ0n) is 17.2. The smallest absolute Gasteiger partial charge is 0.240 e. The van der Waals surface area contributed by atoms with Crippen molar-refractivity contribution in [2.75, 3.05) is 26.3 Å². The SMILES string of the molecule is O=S(=O)(NCc1cccc(CN2CCOCC2)c1)c1ccc(S(=O)(=O)NC2CC2)cc1. The van der Waals surface area contributed by atoms with Gasteiger partial charge < -0.3 is 4.74 Å². The summed E-state index contributed by atoms with van der Waals surface area (Å²) < 4.78 is 60.3. The van der Waals surface area contributed by atoms with Crippen LogP contribution in [-0.2, 0) is 37.9 Å². The molecule has 0 unspecified atom stereocenters. The third-order valence-electron chi connectivity index (χ3n) is 5.31. The van der Waals surface area contributed by atoms with Crippen LogP contribution in [0.3, 0.4) is 0 Å². The Bertz CT molecular complexity index is 1110. The van der Waals surface area contributed by atoms with E-state index in [0.717, 1.165) is 56.8 Å². The monoisotopic (exact) mass is 465 g/mol. The molecular weight excluding hydrogens is 438 g/mol. The zero-order valence-corrected chi connectivity index (χ0v) is 18.8. The molecule has 2 aromatic carbocycles. The van der Waals surface area contributed by atoms with Gasteiger partial charge in [-0.05, 0) is 48.2 Å². The summed E-state index contributed by atoms with van der Waals surface area (Å²) in [5.41, 5.74) is 1.98. The van der Waals surface area contributed by atoms with Gasteiger partial charge in [-0.2, -0.15) is 0 Å². The van der Waals surface area contributed by atoms with Crippen molar-refractivity contribution >= 4 is 20.0 Å². The highest BCUT2D eigenvalue weighted by Crippen LogP contribution is 2.23. The van der Waals surface area contributed by atoms with Crippen LogP contribution in [0.15, 0.2) is 58.3 Å². The van der Waals surface area contributed by atoms with Crippen molar-refractivity contribution in [2.24, 2.45) is 0 Å². The first-order valence-corrected chi connectivity index (χ1v) is 13.3. The Morgan fingerprint density at radius 3 is 2.13 bits per heavy atom. The molecule has 0 spiro atoms. The van der Waals surface area contributed by atoms with E-state index >= 15 is 0 Å². The molecule has 1 aliphatic heterocycles. The van der Waals surface area contributed by atoms with E-state index in [9.17, 15) is 16.8 Å². The van der Waals surface area contributed by atoms with Gasteiger partial charge in [0.05, 0.1) is 23.0 Å². The third-order valence-corrected chi connectivity index (χ3v) is 8.26. The summed E-state index contributed by atoms with van der Waals surface area (Å²) in [4.78, 5) is 2.40. The normalized spacial score (nSPS) is 18.2. The molecule has 0 atom stereocenters. The third kappa shape index (κ3) is 6.12. The van der Waals surface area contributed by atoms with Crippen LogP contribution >= 0.6 is 0 Å². The van der Waals surface area contributed by atoms with Crippen LogP contribution in [0.1, 0.15) is 24.0 Å². The number of ether oxygens (including phenoxy) is 1. The number of hydrogen-bond acceptors (Lipinski definition) is 6. The summed E-state index contributed by atoms with van der Waals surface area (Å²) in [5, 5.41) is 0. The number of hydrogen-bond donors (Lipinski definition) is 2. The van der Waals surface area contributed by atoms with Crippen LogP contribution in [0.2, 0.25) is 0 Å². The number of sulfonamides is 2. The molecular formula is C21H27N3O5S2. The van der Waals surface area contributed by atoms with E-state index in [0.29, 0.717) is 0 Å². The highest BCUT2D eigenvalue weighted by Gasteiger charge is 2.28. The molecule has 0 amide bonds. The Kier molecular flexibility index (Phi) is 6.75. The second kappa shape index (κ2) is 9.35. The molecule has 8 nitrogen and oxygen atoms in total. The number of morpholine rings is 1. The fraction of sp³-hybridized carbons (Fsp3) is 0.429. The molecule has 2 N–H and O–H groups in total. The Balaban J connectivity index is 1.38. The molecule has 1 heterocycles. The number of rotatable bonds is 9. The summed E-state index contributed by atoms with van der Waals surface area (Å²) in [6, 6.07) is 13.1. The number of benzene rings is 2. The number of nitrogens with zero attached hydrogens (tertiary/aromatic N) is 1. The van der Waals surface area contributed by atoms with Gasteiger partial charge in [-0.1, -0.05) is 24.3 Å². The Morgan fingerprint density at radius 1 is 0.871 bits per heavy atom. The maximum absolute atomic E-state index is 12.7. The van der Waals surface area contributed by atoms with Crippen LogP contribution < -0.4 is 9.44 Å². The zero-order chi connectivity index (χ0) is 21.9. The first-order valence-electron chi connectivity index (χ1n) is 10.3. The summed E-state index contributed by atoms with van der Waals surface area (Å²) in [6.45, 7) is 4.20. The van der Waals surface area contributed by atoms with E-state index < -0.39 is 20.0 Å². The highest BCUT2D eigenvalue weighted by atomic mass is 32.2. The van der Waals surface area contributed by atoms with Crippen molar-refractivity contribution in [1.82, 2.24) is 14.3 Å². The van der Waals surface area contributed by atoms with E-state index in [1.54, 1.807) is 0 Å². The molecule has 1 aliphatic carbocycles. The standard InChI is InChI=1S/C21H27N3O5S2/c25-30(26,20-6-8-21(9-7-20)31(27,28)23-19-4-5-19)22-15-17-2-1-3-18(14-17)16-24-10-12-29-13-11-24/h1-3,6-9,14,19,22-23H,4-5,10-13,15-16H2. The average Bonchev–Trinajstić information content (AvgIpc) is 3.57. The van der Waals surface area contributed by atoms with Crippen molar-refractivity contribution in [2.45, 2.75) is 41.8 Å². The Hall–Kier alpha value is -1.82. The largest absolute Gasteiger partial charge is 0.379 e. The summed E-state index contributed by atoms with van der Waals surface area (Å²) in [5.74, 6) is 0. The molecule has 4 rings (SSSR count). The van der Waals surface area contributed by atoms with Crippen molar-refractivity contribution < 1.29 is 21.6 Å². The van der Waals surface area contributed by atoms with E-state index in [2.05, 4.69) is 14.3 Å². The lowest BCUT2D eigenvalue weighted by Gasteiger charge is -2.26. The molecule has 0 aromatic heterocycles. The molecule has 2 fully saturated rings. The van der Waals surface area contributed by atoms with E-state index in [-0.39, 0.29) is 22.4 Å². The summed E-state index contributed by atoms with van der Waals surface area (Å²) >= 11 is 0. The average molecular weight is 466 g/mol. The molecule has 2 aromatic rings. The van der Waals surface area contributed by atoms with Crippen LogP contribution in [0.5, 0.6) is 0 Å². The fourth-order valence-corrected chi connectivity index (χ4v) is 5.73. The maximum Gasteiger partial charge on any atom is 0.240 e. The van der Waals surface area contributed by atoms with Crippen LogP contribution in [0.25, 0.3) is 0 Å². The first kappa shape index (κ1) is 22.4. The van der Waals surface area contributed by atoms with Gasteiger partial charge in [0.15, 0.2) is 0 Å². The van der Waals surface area contributed by atoms with Crippen LogP contribution in [0, 0.1) is 0 Å². The molecule has 1 saturated heterocycles. The summed E-state index contributed by atoms with van der Waals surface area (Å²) in [6.07, 6.45) is 1.67. The van der Waals surface area contributed by atoms with E-state index in [1.165, 1.54) is 24.3 Å². The maximum atomic E-state index is 12.7. The fourth-order valence-electron chi connectivity index (χ4n) is 3.40. The molecule has 0 bridgehead atoms. The van der Waals surface area contributed by atoms with Gasteiger partial charge in [-0.25, -0.2) is 26.3 Å². The molecule has 1 saturated carbocycles. The minimum atomic E-state index is -3.76. The minimum absolute atomic E-state index is 0.00548. The van der Waals surface area contributed by atoms with Crippen molar-refractivity contribution in [3.8, 4) is 0 Å². The lowest BCUT2D eigenvalue weighted by atomic mass is 10.1. The van der Waals surface area contributed by atoms with Gasteiger partial charge in [0, 0.05) is 32.2 Å². The van der Waals surface area contributed by atoms with Gasteiger partial charge >= 0.3 is 0 Å². The second-order valence-corrected chi connectivity index (χ2v) is 11.4. The molecule has 31 heavy (non-hydrogen) atoms. The number of nitrogens with one attached hydrogen (secondary N) is 2.